The van der Waals surface area contributed by atoms with Crippen LogP contribution in [0.4, 0.5) is 0 Å². The quantitative estimate of drug-likeness (QED) is 0.752. The van der Waals surface area contributed by atoms with Gasteiger partial charge in [0.2, 0.25) is 10.0 Å². The Morgan fingerprint density at radius 2 is 1.95 bits per heavy atom. The first-order valence-electron chi connectivity index (χ1n) is 6.48. The average Bonchev–Trinajstić information content (AvgIpc) is 3.21. The molecule has 1 aliphatic carbocycles. The van der Waals surface area contributed by atoms with Gasteiger partial charge in [-0.15, -0.1) is 0 Å². The molecule has 5 nitrogen and oxygen atoms in total. The largest absolute Gasteiger partial charge is 0.478 e. The smallest absolute Gasteiger partial charge is 0.328 e. The van der Waals surface area contributed by atoms with Crippen molar-refractivity contribution >= 4 is 22.1 Å². The lowest BCUT2D eigenvalue weighted by atomic mass is 10.2. The van der Waals surface area contributed by atoms with Crippen molar-refractivity contribution in [3.8, 4) is 0 Å². The molecule has 0 aliphatic heterocycles. The zero-order chi connectivity index (χ0) is 14.6. The van der Waals surface area contributed by atoms with Crippen LogP contribution in [0, 0.1) is 5.92 Å². The third kappa shape index (κ3) is 4.47. The Hall–Kier alpha value is -1.66. The minimum Gasteiger partial charge on any atom is -0.478 e. The molecule has 20 heavy (non-hydrogen) atoms. The zero-order valence-electron chi connectivity index (χ0n) is 11.0. The standard InChI is InChI=1S/C14H17NO4S/c16-14(17)8-5-11-3-6-13(7-4-11)20(18,19)15-10-9-12-1-2-12/h3-8,12,15H,1-2,9-10H2,(H,16,17). The van der Waals surface area contributed by atoms with Crippen LogP contribution in [0.15, 0.2) is 35.2 Å². The molecule has 6 heteroatoms. The Labute approximate surface area is 118 Å². The highest BCUT2D eigenvalue weighted by atomic mass is 32.2. The Morgan fingerprint density at radius 1 is 1.30 bits per heavy atom. The molecule has 0 unspecified atom stereocenters. The topological polar surface area (TPSA) is 83.5 Å². The average molecular weight is 295 g/mol. The van der Waals surface area contributed by atoms with E-state index in [4.69, 9.17) is 5.11 Å². The first-order chi connectivity index (χ1) is 9.47. The van der Waals surface area contributed by atoms with E-state index in [0.717, 1.165) is 12.5 Å². The SMILES string of the molecule is O=C(O)C=Cc1ccc(S(=O)(=O)NCCC2CC2)cc1. The maximum absolute atomic E-state index is 12.0. The fourth-order valence-electron chi connectivity index (χ4n) is 1.81. The number of aliphatic carboxylic acids is 1. The molecular weight excluding hydrogens is 278 g/mol. The molecule has 1 aromatic rings. The first kappa shape index (κ1) is 14.7. The summed E-state index contributed by atoms with van der Waals surface area (Å²) in [4.78, 5) is 10.6. The lowest BCUT2D eigenvalue weighted by Crippen LogP contribution is -2.25. The summed E-state index contributed by atoms with van der Waals surface area (Å²) >= 11 is 0. The van der Waals surface area contributed by atoms with Crippen molar-refractivity contribution < 1.29 is 18.3 Å². The summed E-state index contributed by atoms with van der Waals surface area (Å²) in [5.41, 5.74) is 0.643. The number of nitrogens with one attached hydrogen (secondary N) is 1. The van der Waals surface area contributed by atoms with Gasteiger partial charge in [-0.2, -0.15) is 0 Å². The second kappa shape index (κ2) is 6.19. The van der Waals surface area contributed by atoms with Gasteiger partial charge in [-0.3, -0.25) is 0 Å². The maximum Gasteiger partial charge on any atom is 0.328 e. The van der Waals surface area contributed by atoms with E-state index < -0.39 is 16.0 Å². The van der Waals surface area contributed by atoms with Crippen LogP contribution in [0.5, 0.6) is 0 Å². The minimum atomic E-state index is -3.47. The van der Waals surface area contributed by atoms with Gasteiger partial charge >= 0.3 is 5.97 Å². The van der Waals surface area contributed by atoms with Gasteiger partial charge in [-0.25, -0.2) is 17.9 Å². The Balaban J connectivity index is 1.98. The summed E-state index contributed by atoms with van der Waals surface area (Å²) in [6.45, 7) is 0.466. The second-order valence-electron chi connectivity index (χ2n) is 4.87. The molecule has 0 heterocycles. The van der Waals surface area contributed by atoms with Crippen LogP contribution in [0.3, 0.4) is 0 Å². The highest BCUT2D eigenvalue weighted by molar-refractivity contribution is 7.89. The van der Waals surface area contributed by atoms with Crippen LogP contribution >= 0.6 is 0 Å². The van der Waals surface area contributed by atoms with Crippen LogP contribution in [0.25, 0.3) is 6.08 Å². The molecular formula is C14H17NO4S. The molecule has 1 saturated carbocycles. The van der Waals surface area contributed by atoms with Gasteiger partial charge in [0.1, 0.15) is 0 Å². The van der Waals surface area contributed by atoms with Gasteiger partial charge in [-0.1, -0.05) is 25.0 Å². The van der Waals surface area contributed by atoms with E-state index in [0.29, 0.717) is 18.0 Å². The molecule has 0 saturated heterocycles. The lowest BCUT2D eigenvalue weighted by Gasteiger charge is -2.06. The molecule has 0 spiro atoms. The molecule has 0 aromatic heterocycles. The van der Waals surface area contributed by atoms with Crippen LogP contribution < -0.4 is 4.72 Å². The number of benzene rings is 1. The molecule has 0 atom stereocenters. The predicted octanol–water partition coefficient (Wildman–Crippen LogP) is 1.86. The maximum atomic E-state index is 12.0. The molecule has 1 aliphatic rings. The molecule has 108 valence electrons. The summed E-state index contributed by atoms with van der Waals surface area (Å²) in [5.74, 6) is -0.357. The monoisotopic (exact) mass is 295 g/mol. The molecule has 0 bridgehead atoms. The third-order valence-electron chi connectivity index (χ3n) is 3.15. The second-order valence-corrected chi connectivity index (χ2v) is 6.64. The number of carbonyl (C=O) groups is 1. The van der Waals surface area contributed by atoms with Crippen LogP contribution in [0.2, 0.25) is 0 Å². The fourth-order valence-corrected chi connectivity index (χ4v) is 2.86. The molecule has 0 radical (unpaired) electrons. The van der Waals surface area contributed by atoms with Gasteiger partial charge < -0.3 is 5.11 Å². The Kier molecular flexibility index (Phi) is 4.57. The predicted molar refractivity (Wildman–Crippen MR) is 75.6 cm³/mol. The van der Waals surface area contributed by atoms with Crippen LogP contribution in [-0.2, 0) is 14.8 Å². The molecule has 1 aromatic carbocycles. The highest BCUT2D eigenvalue weighted by Crippen LogP contribution is 2.31. The fraction of sp³-hybridized carbons (Fsp3) is 0.357. The van der Waals surface area contributed by atoms with E-state index in [9.17, 15) is 13.2 Å². The van der Waals surface area contributed by atoms with Gasteiger partial charge in [0.15, 0.2) is 0 Å². The van der Waals surface area contributed by atoms with Crippen molar-refractivity contribution in [3.63, 3.8) is 0 Å². The van der Waals surface area contributed by atoms with E-state index in [1.807, 2.05) is 0 Å². The van der Waals surface area contributed by atoms with Gasteiger partial charge in [0.05, 0.1) is 4.90 Å². The number of carboxylic acid groups (broad SMARTS) is 1. The van der Waals surface area contributed by atoms with Crippen LogP contribution in [0.1, 0.15) is 24.8 Å². The van der Waals surface area contributed by atoms with Crippen molar-refractivity contribution in [3.05, 3.63) is 35.9 Å². The van der Waals surface area contributed by atoms with Crippen LogP contribution in [-0.4, -0.2) is 26.0 Å². The Bertz CT molecular complexity index is 601. The molecule has 2 rings (SSSR count). The summed E-state index contributed by atoms with van der Waals surface area (Å²) in [6, 6.07) is 6.10. The van der Waals surface area contributed by atoms with E-state index in [2.05, 4.69) is 4.72 Å². The normalized spacial score (nSPS) is 15.6. The summed E-state index contributed by atoms with van der Waals surface area (Å²) in [6.07, 6.45) is 5.72. The zero-order valence-corrected chi connectivity index (χ0v) is 11.8. The summed E-state index contributed by atoms with van der Waals surface area (Å²) in [5, 5.41) is 8.51. The lowest BCUT2D eigenvalue weighted by molar-refractivity contribution is -0.131. The Morgan fingerprint density at radius 3 is 2.50 bits per heavy atom. The number of sulfonamides is 1. The van der Waals surface area contributed by atoms with Crippen molar-refractivity contribution in [1.29, 1.82) is 0 Å². The molecule has 0 amide bonds. The van der Waals surface area contributed by atoms with Crippen molar-refractivity contribution in [1.82, 2.24) is 4.72 Å². The van der Waals surface area contributed by atoms with Crippen molar-refractivity contribution in [2.75, 3.05) is 6.54 Å². The minimum absolute atomic E-state index is 0.195. The summed E-state index contributed by atoms with van der Waals surface area (Å²) < 4.78 is 26.6. The molecule has 1 fully saturated rings. The van der Waals surface area contributed by atoms with E-state index >= 15 is 0 Å². The molecule has 2 N–H and O–H groups in total. The van der Waals surface area contributed by atoms with E-state index in [1.54, 1.807) is 12.1 Å². The van der Waals surface area contributed by atoms with Crippen molar-refractivity contribution in [2.45, 2.75) is 24.2 Å². The summed E-state index contributed by atoms with van der Waals surface area (Å²) in [7, 11) is -3.47. The number of carboxylic acids is 1. The van der Waals surface area contributed by atoms with Crippen molar-refractivity contribution in [2.24, 2.45) is 5.92 Å². The third-order valence-corrected chi connectivity index (χ3v) is 4.63. The number of hydrogen-bond donors (Lipinski definition) is 2. The van der Waals surface area contributed by atoms with Gasteiger partial charge in [-0.05, 0) is 36.1 Å². The van der Waals surface area contributed by atoms with Gasteiger partial charge in [0, 0.05) is 12.6 Å². The van der Waals surface area contributed by atoms with E-state index in [-0.39, 0.29) is 4.90 Å². The van der Waals surface area contributed by atoms with E-state index in [1.165, 1.54) is 31.1 Å². The first-order valence-corrected chi connectivity index (χ1v) is 7.96. The number of rotatable bonds is 7. The van der Waals surface area contributed by atoms with Gasteiger partial charge in [0.25, 0.3) is 0 Å². The highest BCUT2D eigenvalue weighted by Gasteiger charge is 2.21. The number of hydrogen-bond acceptors (Lipinski definition) is 3.